The monoisotopic (exact) mass is 302 g/mol. The van der Waals surface area contributed by atoms with Gasteiger partial charge in [0, 0.05) is 30.4 Å². The molecule has 1 rings (SSSR count). The first-order valence-electron chi connectivity index (χ1n) is 6.23. The molecule has 1 atom stereocenters. The molecule has 1 aromatic rings. The Bertz CT molecular complexity index is 527. The Morgan fingerprint density at radius 2 is 2.00 bits per heavy atom. The van der Waals surface area contributed by atoms with E-state index in [0.717, 1.165) is 17.1 Å². The number of benzene rings is 1. The number of sulfonamides is 1. The molecule has 0 saturated carbocycles. The first-order valence-corrected chi connectivity index (χ1v) is 8.66. The minimum Gasteiger partial charge on any atom is -0.398 e. The Balaban J connectivity index is 3.01. The van der Waals surface area contributed by atoms with Crippen LogP contribution < -0.4 is 5.73 Å². The van der Waals surface area contributed by atoms with Crippen molar-refractivity contribution in [2.24, 2.45) is 5.92 Å². The Labute approximate surface area is 120 Å². The lowest BCUT2D eigenvalue weighted by Crippen LogP contribution is -2.22. The maximum Gasteiger partial charge on any atom is 0.242 e. The van der Waals surface area contributed by atoms with E-state index in [1.54, 1.807) is 30.0 Å². The molecule has 19 heavy (non-hydrogen) atoms. The smallest absolute Gasteiger partial charge is 0.242 e. The molecule has 0 amide bonds. The van der Waals surface area contributed by atoms with Gasteiger partial charge < -0.3 is 5.73 Å². The molecule has 0 radical (unpaired) electrons. The lowest BCUT2D eigenvalue weighted by atomic mass is 10.2. The van der Waals surface area contributed by atoms with E-state index in [-0.39, 0.29) is 0 Å². The second-order valence-corrected chi connectivity index (χ2v) is 8.03. The van der Waals surface area contributed by atoms with Crippen LogP contribution in [-0.4, -0.2) is 32.6 Å². The minimum absolute atomic E-state index is 0.290. The molecular weight excluding hydrogens is 280 g/mol. The van der Waals surface area contributed by atoms with Crippen molar-refractivity contribution >= 4 is 27.5 Å². The summed E-state index contributed by atoms with van der Waals surface area (Å²) < 4.78 is 25.3. The van der Waals surface area contributed by atoms with Gasteiger partial charge in [0.05, 0.1) is 4.90 Å². The molecule has 0 heterocycles. The third-order valence-electron chi connectivity index (χ3n) is 2.98. The second-order valence-electron chi connectivity index (χ2n) is 4.81. The van der Waals surface area contributed by atoms with E-state index in [1.165, 1.54) is 18.4 Å². The van der Waals surface area contributed by atoms with Crippen LogP contribution in [0.5, 0.6) is 0 Å². The number of hydrogen-bond acceptors (Lipinski definition) is 4. The van der Waals surface area contributed by atoms with Gasteiger partial charge in [-0.25, -0.2) is 12.7 Å². The van der Waals surface area contributed by atoms with Crippen LogP contribution in [0.2, 0.25) is 0 Å². The molecule has 0 aromatic heterocycles. The number of anilines is 1. The summed E-state index contributed by atoms with van der Waals surface area (Å²) >= 11 is 1.61. The molecule has 1 aromatic carbocycles. The van der Waals surface area contributed by atoms with Crippen LogP contribution in [0.25, 0.3) is 0 Å². The van der Waals surface area contributed by atoms with Gasteiger partial charge in [-0.2, -0.15) is 0 Å². The van der Waals surface area contributed by atoms with Gasteiger partial charge in [-0.1, -0.05) is 20.3 Å². The van der Waals surface area contributed by atoms with Crippen LogP contribution in [-0.2, 0) is 10.0 Å². The van der Waals surface area contributed by atoms with Gasteiger partial charge in [-0.15, -0.1) is 11.8 Å². The Morgan fingerprint density at radius 3 is 2.53 bits per heavy atom. The summed E-state index contributed by atoms with van der Waals surface area (Å²) in [5, 5.41) is 0. The van der Waals surface area contributed by atoms with Gasteiger partial charge >= 0.3 is 0 Å². The van der Waals surface area contributed by atoms with Crippen molar-refractivity contribution < 1.29 is 8.42 Å². The molecule has 0 aliphatic rings. The molecule has 0 spiro atoms. The fourth-order valence-electron chi connectivity index (χ4n) is 1.36. The zero-order chi connectivity index (χ0) is 14.6. The summed E-state index contributed by atoms with van der Waals surface area (Å²) in [5.74, 6) is 1.52. The standard InChI is InChI=1S/C13H22N2O2S2/c1-5-10(2)9-18-13-8-11(6-7-12(13)14)19(16,17)15(3)4/h6-8,10H,5,9,14H2,1-4H3. The molecule has 0 fully saturated rings. The fraction of sp³-hybridized carbons (Fsp3) is 0.538. The third-order valence-corrected chi connectivity index (χ3v) is 6.20. The highest BCUT2D eigenvalue weighted by Crippen LogP contribution is 2.30. The van der Waals surface area contributed by atoms with Crippen LogP contribution in [0.15, 0.2) is 28.0 Å². The van der Waals surface area contributed by atoms with Gasteiger partial charge in [0.15, 0.2) is 0 Å². The van der Waals surface area contributed by atoms with Crippen LogP contribution in [0, 0.1) is 5.92 Å². The maximum absolute atomic E-state index is 12.1. The predicted molar refractivity (Wildman–Crippen MR) is 81.9 cm³/mol. The normalized spacial score (nSPS) is 13.7. The van der Waals surface area contributed by atoms with Crippen molar-refractivity contribution in [3.05, 3.63) is 18.2 Å². The summed E-state index contributed by atoms with van der Waals surface area (Å²) in [7, 11) is -0.345. The number of nitrogens with two attached hydrogens (primary N) is 1. The summed E-state index contributed by atoms with van der Waals surface area (Å²) in [6, 6.07) is 4.88. The zero-order valence-corrected chi connectivity index (χ0v) is 13.5. The number of nitrogen functional groups attached to an aromatic ring is 1. The van der Waals surface area contributed by atoms with Gasteiger partial charge in [0.2, 0.25) is 10.0 Å². The van der Waals surface area contributed by atoms with Gasteiger partial charge in [-0.3, -0.25) is 0 Å². The van der Waals surface area contributed by atoms with Gasteiger partial charge in [-0.05, 0) is 24.1 Å². The SMILES string of the molecule is CCC(C)CSc1cc(S(=O)(=O)N(C)C)ccc1N. The molecule has 108 valence electrons. The quantitative estimate of drug-likeness (QED) is 0.648. The lowest BCUT2D eigenvalue weighted by Gasteiger charge is -2.14. The van der Waals surface area contributed by atoms with Crippen molar-refractivity contribution in [2.75, 3.05) is 25.6 Å². The summed E-state index contributed by atoms with van der Waals surface area (Å²) in [6.07, 6.45) is 1.10. The van der Waals surface area contributed by atoms with Crippen molar-refractivity contribution in [3.8, 4) is 0 Å². The zero-order valence-electron chi connectivity index (χ0n) is 11.9. The summed E-state index contributed by atoms with van der Waals surface area (Å²) in [4.78, 5) is 1.13. The van der Waals surface area contributed by atoms with E-state index >= 15 is 0 Å². The highest BCUT2D eigenvalue weighted by molar-refractivity contribution is 7.99. The number of nitrogens with zero attached hydrogens (tertiary/aromatic N) is 1. The average Bonchev–Trinajstić information content (AvgIpc) is 2.36. The number of thioether (sulfide) groups is 1. The molecule has 0 saturated heterocycles. The van der Waals surface area contributed by atoms with E-state index in [4.69, 9.17) is 5.73 Å². The molecule has 0 aliphatic carbocycles. The predicted octanol–water partition coefficient (Wildman–Crippen LogP) is 2.66. The van der Waals surface area contributed by atoms with Crippen LogP contribution in [0.3, 0.4) is 0 Å². The molecular formula is C13H22N2O2S2. The van der Waals surface area contributed by atoms with E-state index < -0.39 is 10.0 Å². The maximum atomic E-state index is 12.1. The molecule has 1 unspecified atom stereocenters. The third kappa shape index (κ3) is 4.12. The van der Waals surface area contributed by atoms with E-state index in [1.807, 2.05) is 0 Å². The first-order chi connectivity index (χ1) is 8.78. The van der Waals surface area contributed by atoms with Crippen LogP contribution in [0.4, 0.5) is 5.69 Å². The second kappa shape index (κ2) is 6.63. The van der Waals surface area contributed by atoms with E-state index in [0.29, 0.717) is 16.5 Å². The Morgan fingerprint density at radius 1 is 1.37 bits per heavy atom. The summed E-state index contributed by atoms with van der Waals surface area (Å²) in [5.41, 5.74) is 6.54. The molecule has 0 bridgehead atoms. The molecule has 0 aliphatic heterocycles. The van der Waals surface area contributed by atoms with E-state index in [2.05, 4.69) is 13.8 Å². The van der Waals surface area contributed by atoms with Crippen LogP contribution >= 0.6 is 11.8 Å². The minimum atomic E-state index is -3.40. The molecule has 4 nitrogen and oxygen atoms in total. The highest BCUT2D eigenvalue weighted by atomic mass is 32.2. The fourth-order valence-corrected chi connectivity index (χ4v) is 3.51. The molecule has 6 heteroatoms. The molecule has 2 N–H and O–H groups in total. The lowest BCUT2D eigenvalue weighted by molar-refractivity contribution is 0.520. The average molecular weight is 302 g/mol. The van der Waals surface area contributed by atoms with Gasteiger partial charge in [0.25, 0.3) is 0 Å². The topological polar surface area (TPSA) is 63.4 Å². The van der Waals surface area contributed by atoms with Crippen molar-refractivity contribution in [2.45, 2.75) is 30.1 Å². The van der Waals surface area contributed by atoms with Crippen molar-refractivity contribution in [3.63, 3.8) is 0 Å². The van der Waals surface area contributed by atoms with Crippen molar-refractivity contribution in [1.29, 1.82) is 0 Å². The van der Waals surface area contributed by atoms with Crippen LogP contribution in [0.1, 0.15) is 20.3 Å². The van der Waals surface area contributed by atoms with Gasteiger partial charge in [0.1, 0.15) is 0 Å². The Hall–Kier alpha value is -0.720. The van der Waals surface area contributed by atoms with E-state index in [9.17, 15) is 8.42 Å². The Kier molecular flexibility index (Phi) is 5.70. The number of hydrogen-bond donors (Lipinski definition) is 1. The first kappa shape index (κ1) is 16.3. The summed E-state index contributed by atoms with van der Waals surface area (Å²) in [6.45, 7) is 4.31. The van der Waals surface area contributed by atoms with Crippen molar-refractivity contribution in [1.82, 2.24) is 4.31 Å². The highest BCUT2D eigenvalue weighted by Gasteiger charge is 2.18. The largest absolute Gasteiger partial charge is 0.398 e. The number of rotatable bonds is 6.